The van der Waals surface area contributed by atoms with E-state index in [-0.39, 0.29) is 17.1 Å². The van der Waals surface area contributed by atoms with Crippen molar-refractivity contribution in [3.63, 3.8) is 0 Å². The number of aromatic amines is 1. The van der Waals surface area contributed by atoms with Crippen LogP contribution in [0.4, 0.5) is 11.6 Å². The maximum absolute atomic E-state index is 12.4. The first-order chi connectivity index (χ1) is 9.99. The Morgan fingerprint density at radius 2 is 2.24 bits per heavy atom. The van der Waals surface area contributed by atoms with Crippen molar-refractivity contribution >= 4 is 29.3 Å². The molecule has 0 aliphatic heterocycles. The first kappa shape index (κ1) is 15.4. The van der Waals surface area contributed by atoms with Crippen LogP contribution in [0, 0.1) is 13.8 Å². The molecular formula is C14H19N5OS. The van der Waals surface area contributed by atoms with Gasteiger partial charge in [-0.15, -0.1) is 5.10 Å². The second-order valence-electron chi connectivity index (χ2n) is 4.83. The lowest BCUT2D eigenvalue weighted by molar-refractivity contribution is -0.115. The Morgan fingerprint density at radius 1 is 1.48 bits per heavy atom. The number of nitrogen functional groups attached to an aromatic ring is 1. The monoisotopic (exact) mass is 305 g/mol. The number of H-pyrrole nitrogens is 1. The lowest BCUT2D eigenvalue weighted by Gasteiger charge is -2.14. The van der Waals surface area contributed by atoms with Crippen molar-refractivity contribution in [2.24, 2.45) is 0 Å². The number of aromatic nitrogens is 3. The van der Waals surface area contributed by atoms with Crippen LogP contribution in [0.15, 0.2) is 23.4 Å². The number of benzene rings is 1. The predicted octanol–water partition coefficient (Wildman–Crippen LogP) is 2.51. The van der Waals surface area contributed by atoms with Gasteiger partial charge in [0.1, 0.15) is 0 Å². The summed E-state index contributed by atoms with van der Waals surface area (Å²) < 4.78 is 0. The van der Waals surface area contributed by atoms with Gasteiger partial charge < -0.3 is 11.1 Å². The van der Waals surface area contributed by atoms with Crippen molar-refractivity contribution in [1.29, 1.82) is 0 Å². The van der Waals surface area contributed by atoms with Crippen LogP contribution in [-0.2, 0) is 4.79 Å². The molecule has 1 aromatic carbocycles. The molecule has 1 heterocycles. The summed E-state index contributed by atoms with van der Waals surface area (Å²) in [7, 11) is 0. The van der Waals surface area contributed by atoms with E-state index in [0.717, 1.165) is 11.3 Å². The summed E-state index contributed by atoms with van der Waals surface area (Å²) in [5.74, 6) is 0.194. The third kappa shape index (κ3) is 3.98. The molecule has 2 rings (SSSR count). The summed E-state index contributed by atoms with van der Waals surface area (Å²) in [5, 5.41) is 9.69. The second kappa shape index (κ2) is 6.62. The minimum atomic E-state index is -0.263. The highest BCUT2D eigenvalue weighted by Gasteiger charge is 2.20. The molecule has 6 nitrogen and oxygen atoms in total. The maximum atomic E-state index is 12.4. The standard InChI is InChI=1S/C14H19N5OS/c1-4-11(21-14-17-13(15)18-19-14)12(20)16-10-6-5-8(2)7-9(10)3/h5-7,11H,4H2,1-3H3,(H,16,20)(H3,15,17,18,19)/t11-/m0/s1. The number of hydrogen-bond donors (Lipinski definition) is 3. The third-order valence-corrected chi connectivity index (χ3v) is 4.26. The molecule has 7 heteroatoms. The molecule has 0 spiro atoms. The number of rotatable bonds is 5. The minimum absolute atomic E-state index is 0.0576. The van der Waals surface area contributed by atoms with Crippen LogP contribution in [0.2, 0.25) is 0 Å². The highest BCUT2D eigenvalue weighted by molar-refractivity contribution is 8.00. The Labute approximate surface area is 127 Å². The van der Waals surface area contributed by atoms with Crippen molar-refractivity contribution in [2.45, 2.75) is 37.6 Å². The Balaban J connectivity index is 2.06. The molecule has 21 heavy (non-hydrogen) atoms. The molecule has 0 saturated carbocycles. The fraction of sp³-hybridized carbons (Fsp3) is 0.357. The van der Waals surface area contributed by atoms with Crippen LogP contribution in [0.5, 0.6) is 0 Å². The molecule has 4 N–H and O–H groups in total. The van der Waals surface area contributed by atoms with E-state index in [2.05, 4.69) is 20.5 Å². The summed E-state index contributed by atoms with van der Waals surface area (Å²) in [4.78, 5) is 16.4. The van der Waals surface area contributed by atoms with Crippen LogP contribution in [0.25, 0.3) is 0 Å². The SMILES string of the molecule is CC[C@H](Sc1n[nH]c(N)n1)C(=O)Nc1ccc(C)cc1C. The summed E-state index contributed by atoms with van der Waals surface area (Å²) in [5.41, 5.74) is 8.54. The highest BCUT2D eigenvalue weighted by Crippen LogP contribution is 2.24. The molecule has 0 aliphatic rings. The van der Waals surface area contributed by atoms with Gasteiger partial charge in [0.2, 0.25) is 17.0 Å². The van der Waals surface area contributed by atoms with Crippen molar-refractivity contribution in [1.82, 2.24) is 15.2 Å². The molecule has 0 bridgehead atoms. The fourth-order valence-corrected chi connectivity index (χ4v) is 2.76. The summed E-state index contributed by atoms with van der Waals surface area (Å²) in [6.07, 6.45) is 0.676. The zero-order chi connectivity index (χ0) is 15.4. The zero-order valence-electron chi connectivity index (χ0n) is 12.3. The normalized spacial score (nSPS) is 12.1. The van der Waals surface area contributed by atoms with Crippen LogP contribution >= 0.6 is 11.8 Å². The smallest absolute Gasteiger partial charge is 0.237 e. The number of amides is 1. The molecule has 0 aliphatic carbocycles. The van der Waals surface area contributed by atoms with Gasteiger partial charge in [-0.1, -0.05) is 36.4 Å². The first-order valence-corrected chi connectivity index (χ1v) is 7.60. The Morgan fingerprint density at radius 3 is 2.81 bits per heavy atom. The summed E-state index contributed by atoms with van der Waals surface area (Å²) in [6.45, 7) is 5.96. The molecule has 0 unspecified atom stereocenters. The maximum Gasteiger partial charge on any atom is 0.237 e. The Hall–Kier alpha value is -2.02. The molecular weight excluding hydrogens is 286 g/mol. The van der Waals surface area contributed by atoms with Crippen LogP contribution in [0.3, 0.4) is 0 Å². The van der Waals surface area contributed by atoms with Gasteiger partial charge in [0.25, 0.3) is 0 Å². The Bertz CT molecular complexity index is 640. The molecule has 0 fully saturated rings. The second-order valence-corrected chi connectivity index (χ2v) is 6.00. The third-order valence-electron chi connectivity index (χ3n) is 3.03. The van der Waals surface area contributed by atoms with E-state index in [9.17, 15) is 4.79 Å². The van der Waals surface area contributed by atoms with E-state index in [1.54, 1.807) is 0 Å². The van der Waals surface area contributed by atoms with Crippen LogP contribution in [-0.4, -0.2) is 26.3 Å². The highest BCUT2D eigenvalue weighted by atomic mass is 32.2. The summed E-state index contributed by atoms with van der Waals surface area (Å²) >= 11 is 1.30. The van der Waals surface area contributed by atoms with E-state index in [1.165, 1.54) is 17.3 Å². The summed E-state index contributed by atoms with van der Waals surface area (Å²) in [6, 6.07) is 5.94. The quantitative estimate of drug-likeness (QED) is 0.737. The van der Waals surface area contributed by atoms with Gasteiger partial charge in [-0.25, -0.2) is 5.10 Å². The molecule has 1 amide bonds. The van der Waals surface area contributed by atoms with E-state index in [4.69, 9.17) is 5.73 Å². The van der Waals surface area contributed by atoms with E-state index >= 15 is 0 Å². The number of carbonyl (C=O) groups excluding carboxylic acids is 1. The number of nitrogens with zero attached hydrogens (tertiary/aromatic N) is 2. The van der Waals surface area contributed by atoms with Crippen molar-refractivity contribution in [2.75, 3.05) is 11.1 Å². The number of nitrogens with two attached hydrogens (primary N) is 1. The van der Waals surface area contributed by atoms with Gasteiger partial charge in [-0.05, 0) is 31.9 Å². The van der Waals surface area contributed by atoms with Crippen molar-refractivity contribution in [3.05, 3.63) is 29.3 Å². The number of carbonyl (C=O) groups is 1. The average Bonchev–Trinajstić information content (AvgIpc) is 2.84. The van der Waals surface area contributed by atoms with Gasteiger partial charge in [0.05, 0.1) is 5.25 Å². The average molecular weight is 305 g/mol. The molecule has 0 radical (unpaired) electrons. The van der Waals surface area contributed by atoms with E-state index in [0.29, 0.717) is 11.6 Å². The largest absolute Gasteiger partial charge is 0.368 e. The first-order valence-electron chi connectivity index (χ1n) is 6.72. The molecule has 2 aromatic rings. The van der Waals surface area contributed by atoms with Gasteiger partial charge in [-0.2, -0.15) is 4.98 Å². The van der Waals surface area contributed by atoms with Gasteiger partial charge in [0.15, 0.2) is 0 Å². The zero-order valence-corrected chi connectivity index (χ0v) is 13.1. The topological polar surface area (TPSA) is 96.7 Å². The van der Waals surface area contributed by atoms with Gasteiger partial charge >= 0.3 is 0 Å². The van der Waals surface area contributed by atoms with Gasteiger partial charge in [-0.3, -0.25) is 4.79 Å². The van der Waals surface area contributed by atoms with E-state index in [1.807, 2.05) is 39.0 Å². The van der Waals surface area contributed by atoms with Crippen molar-refractivity contribution < 1.29 is 4.79 Å². The minimum Gasteiger partial charge on any atom is -0.368 e. The molecule has 1 atom stereocenters. The number of anilines is 2. The van der Waals surface area contributed by atoms with E-state index < -0.39 is 0 Å². The number of aryl methyl sites for hydroxylation is 2. The van der Waals surface area contributed by atoms with Crippen LogP contribution < -0.4 is 11.1 Å². The lowest BCUT2D eigenvalue weighted by Crippen LogP contribution is -2.25. The lowest BCUT2D eigenvalue weighted by atomic mass is 10.1. The Kier molecular flexibility index (Phi) is 4.85. The van der Waals surface area contributed by atoms with Gasteiger partial charge in [0, 0.05) is 5.69 Å². The fourth-order valence-electron chi connectivity index (χ4n) is 1.93. The predicted molar refractivity (Wildman–Crippen MR) is 85.3 cm³/mol. The van der Waals surface area contributed by atoms with Crippen molar-refractivity contribution in [3.8, 4) is 0 Å². The number of hydrogen-bond acceptors (Lipinski definition) is 5. The molecule has 0 saturated heterocycles. The number of thioether (sulfide) groups is 1. The molecule has 1 aromatic heterocycles. The number of nitrogens with one attached hydrogen (secondary N) is 2. The van der Waals surface area contributed by atoms with Crippen LogP contribution in [0.1, 0.15) is 24.5 Å². The molecule has 112 valence electrons.